The van der Waals surface area contributed by atoms with E-state index < -0.39 is 0 Å². The summed E-state index contributed by atoms with van der Waals surface area (Å²) in [7, 11) is 0. The molecule has 0 bridgehead atoms. The molecule has 3 unspecified atom stereocenters. The van der Waals surface area contributed by atoms with Gasteiger partial charge in [-0.05, 0) is 55.2 Å². The average Bonchev–Trinajstić information content (AvgIpc) is 2.85. The third-order valence-electron chi connectivity index (χ3n) is 6.35. The van der Waals surface area contributed by atoms with Crippen LogP contribution in [-0.4, -0.2) is 17.5 Å². The maximum atomic E-state index is 5.69. The Morgan fingerprint density at radius 1 is 1.25 bits per heavy atom. The smallest absolute Gasteiger partial charge is 0.0588 e. The van der Waals surface area contributed by atoms with Gasteiger partial charge in [0, 0.05) is 42.1 Å². The first-order chi connectivity index (χ1) is 11.9. The molecule has 2 nitrogen and oxygen atoms in total. The van der Waals surface area contributed by atoms with Gasteiger partial charge in [-0.2, -0.15) is 0 Å². The highest BCUT2D eigenvalue weighted by Gasteiger charge is 2.46. The maximum absolute atomic E-state index is 5.69. The van der Waals surface area contributed by atoms with Crippen molar-refractivity contribution < 1.29 is 0 Å². The van der Waals surface area contributed by atoms with Gasteiger partial charge in [0.05, 0.1) is 6.04 Å². The molecule has 0 spiro atoms. The van der Waals surface area contributed by atoms with Crippen molar-refractivity contribution in [3.05, 3.63) is 58.6 Å². The van der Waals surface area contributed by atoms with Crippen molar-refractivity contribution in [3.8, 4) is 12.3 Å². The zero-order chi connectivity index (χ0) is 16.1. The second-order valence-electron chi connectivity index (χ2n) is 7.52. The summed E-state index contributed by atoms with van der Waals surface area (Å²) in [6.45, 7) is 0.945. The Balaban J connectivity index is 1.70. The molecular weight excluding hydrogens is 292 g/mol. The number of terminal acetylenes is 1. The van der Waals surface area contributed by atoms with Crippen LogP contribution in [0.5, 0.6) is 0 Å². The van der Waals surface area contributed by atoms with Gasteiger partial charge in [-0.25, -0.2) is 0 Å². The fourth-order valence-corrected chi connectivity index (χ4v) is 5.34. The van der Waals surface area contributed by atoms with E-state index in [2.05, 4.69) is 46.6 Å². The van der Waals surface area contributed by atoms with Crippen LogP contribution in [-0.2, 0) is 0 Å². The van der Waals surface area contributed by atoms with Crippen LogP contribution < -0.4 is 5.32 Å². The summed E-state index contributed by atoms with van der Waals surface area (Å²) in [5.41, 5.74) is 7.73. The Kier molecular flexibility index (Phi) is 3.23. The molecular formula is C22H24N2. The lowest BCUT2D eigenvalue weighted by Crippen LogP contribution is -2.35. The lowest BCUT2D eigenvalue weighted by atomic mass is 9.76. The van der Waals surface area contributed by atoms with Crippen molar-refractivity contribution in [2.24, 2.45) is 11.8 Å². The van der Waals surface area contributed by atoms with Crippen molar-refractivity contribution >= 4 is 0 Å². The fourth-order valence-electron chi connectivity index (χ4n) is 5.34. The number of fused-ring (bicyclic) bond motifs is 5. The van der Waals surface area contributed by atoms with Crippen LogP contribution in [0.15, 0.2) is 58.6 Å². The molecule has 0 aromatic rings. The van der Waals surface area contributed by atoms with Gasteiger partial charge in [0.1, 0.15) is 0 Å². The Morgan fingerprint density at radius 2 is 2.21 bits per heavy atom. The third-order valence-corrected chi connectivity index (χ3v) is 6.35. The maximum Gasteiger partial charge on any atom is 0.0588 e. The van der Waals surface area contributed by atoms with E-state index in [4.69, 9.17) is 6.42 Å². The number of rotatable bonds is 1. The standard InChI is InChI=1S/C22H24N2/c1-2-5-15-8-11-18-19-14-23-13-12-21(19)24-20-7-4-3-6-16(20)9-10-17(15)22(18)24/h1,3,6,9,12,14-15,18,20,23H,4-5,7-8,10-11,13H2. The molecule has 5 aliphatic rings. The van der Waals surface area contributed by atoms with Crippen LogP contribution in [0, 0.1) is 24.2 Å². The lowest BCUT2D eigenvalue weighted by molar-refractivity contribution is 0.321. The van der Waals surface area contributed by atoms with Crippen LogP contribution in [0.3, 0.4) is 0 Å². The van der Waals surface area contributed by atoms with Crippen molar-refractivity contribution in [3.63, 3.8) is 0 Å². The Hall–Kier alpha value is -2.14. The Bertz CT molecular complexity index is 768. The average molecular weight is 316 g/mol. The van der Waals surface area contributed by atoms with Crippen LogP contribution in [0.25, 0.3) is 0 Å². The minimum Gasteiger partial charge on any atom is -0.387 e. The van der Waals surface area contributed by atoms with E-state index in [1.54, 1.807) is 11.3 Å². The predicted octanol–water partition coefficient (Wildman–Crippen LogP) is 4.03. The topological polar surface area (TPSA) is 15.3 Å². The van der Waals surface area contributed by atoms with E-state index in [1.807, 2.05) is 0 Å². The van der Waals surface area contributed by atoms with Gasteiger partial charge in [-0.3, -0.25) is 0 Å². The van der Waals surface area contributed by atoms with Crippen molar-refractivity contribution in [2.45, 2.75) is 44.6 Å². The monoisotopic (exact) mass is 316 g/mol. The molecule has 0 saturated carbocycles. The molecule has 5 rings (SSSR count). The van der Waals surface area contributed by atoms with Crippen LogP contribution >= 0.6 is 0 Å². The lowest BCUT2D eigenvalue weighted by Gasteiger charge is -2.37. The highest BCUT2D eigenvalue weighted by molar-refractivity contribution is 5.54. The molecule has 24 heavy (non-hydrogen) atoms. The van der Waals surface area contributed by atoms with E-state index in [-0.39, 0.29) is 0 Å². The summed E-state index contributed by atoms with van der Waals surface area (Å²) in [4.78, 5) is 2.71. The van der Waals surface area contributed by atoms with E-state index in [0.29, 0.717) is 17.9 Å². The minimum atomic E-state index is 0.518. The number of nitrogens with zero attached hydrogens (tertiary/aromatic N) is 1. The Labute approximate surface area is 144 Å². The molecule has 1 fully saturated rings. The first-order valence-electron chi connectivity index (χ1n) is 9.34. The first kappa shape index (κ1) is 14.2. The molecule has 3 heterocycles. The molecule has 3 atom stereocenters. The van der Waals surface area contributed by atoms with Crippen LogP contribution in [0.4, 0.5) is 0 Å². The quantitative estimate of drug-likeness (QED) is 0.735. The van der Waals surface area contributed by atoms with Gasteiger partial charge >= 0.3 is 0 Å². The van der Waals surface area contributed by atoms with Gasteiger partial charge in [-0.15, -0.1) is 12.3 Å². The zero-order valence-electron chi connectivity index (χ0n) is 14.1. The van der Waals surface area contributed by atoms with E-state index >= 15 is 0 Å². The summed E-state index contributed by atoms with van der Waals surface area (Å²) >= 11 is 0. The number of nitrogens with one attached hydrogen (secondary N) is 1. The number of allylic oxidation sites excluding steroid dienone is 5. The normalized spacial score (nSPS) is 33.2. The first-order valence-corrected chi connectivity index (χ1v) is 9.34. The van der Waals surface area contributed by atoms with E-state index in [0.717, 1.165) is 19.4 Å². The summed E-state index contributed by atoms with van der Waals surface area (Å²) in [6.07, 6.45) is 24.4. The summed E-state index contributed by atoms with van der Waals surface area (Å²) < 4.78 is 0. The molecule has 1 N–H and O–H groups in total. The second-order valence-corrected chi connectivity index (χ2v) is 7.52. The van der Waals surface area contributed by atoms with Gasteiger partial charge in [0.15, 0.2) is 0 Å². The zero-order valence-corrected chi connectivity index (χ0v) is 14.1. The molecule has 1 saturated heterocycles. The molecule has 2 heteroatoms. The number of hydrogen-bond acceptors (Lipinski definition) is 2. The Morgan fingerprint density at radius 3 is 3.12 bits per heavy atom. The van der Waals surface area contributed by atoms with Crippen molar-refractivity contribution in [1.29, 1.82) is 0 Å². The highest BCUT2D eigenvalue weighted by atomic mass is 15.2. The van der Waals surface area contributed by atoms with Crippen LogP contribution in [0.2, 0.25) is 0 Å². The molecule has 0 radical (unpaired) electrons. The molecule has 0 aromatic heterocycles. The van der Waals surface area contributed by atoms with E-state index in [9.17, 15) is 0 Å². The van der Waals surface area contributed by atoms with Gasteiger partial charge in [0.2, 0.25) is 0 Å². The molecule has 0 aromatic carbocycles. The molecule has 122 valence electrons. The van der Waals surface area contributed by atoms with Crippen molar-refractivity contribution in [1.82, 2.24) is 10.2 Å². The molecule has 3 aliphatic heterocycles. The van der Waals surface area contributed by atoms with E-state index in [1.165, 1.54) is 42.5 Å². The number of hydrogen-bond donors (Lipinski definition) is 1. The second kappa shape index (κ2) is 5.45. The SMILES string of the molecule is C#CCC1CCC2C3=CNCC=C3N3C2=C1CC=C1C=CCCC13. The fraction of sp³-hybridized carbons (Fsp3) is 0.455. The number of dihydropyridines is 1. The van der Waals surface area contributed by atoms with Gasteiger partial charge in [-0.1, -0.05) is 18.2 Å². The van der Waals surface area contributed by atoms with Gasteiger partial charge < -0.3 is 10.2 Å². The highest BCUT2D eigenvalue weighted by Crippen LogP contribution is 2.54. The summed E-state index contributed by atoms with van der Waals surface area (Å²) in [5, 5.41) is 3.44. The summed E-state index contributed by atoms with van der Waals surface area (Å²) in [5.74, 6) is 4.08. The van der Waals surface area contributed by atoms with Gasteiger partial charge in [0.25, 0.3) is 0 Å². The third kappa shape index (κ3) is 1.91. The summed E-state index contributed by atoms with van der Waals surface area (Å²) in [6, 6.07) is 0.518. The minimum absolute atomic E-state index is 0.518. The largest absolute Gasteiger partial charge is 0.387 e. The molecule has 2 aliphatic carbocycles. The van der Waals surface area contributed by atoms with Crippen molar-refractivity contribution in [2.75, 3.05) is 6.54 Å². The predicted molar refractivity (Wildman–Crippen MR) is 97.6 cm³/mol. The molecule has 0 amide bonds. The van der Waals surface area contributed by atoms with Crippen LogP contribution in [0.1, 0.15) is 38.5 Å².